The maximum absolute atomic E-state index is 15.6. The number of carboxylic acid groups (broad SMARTS) is 1. The highest BCUT2D eigenvalue weighted by molar-refractivity contribution is 7.15. The fourth-order valence-electron chi connectivity index (χ4n) is 4.69. The van der Waals surface area contributed by atoms with Gasteiger partial charge in [-0.1, -0.05) is 20.8 Å². The van der Waals surface area contributed by atoms with Gasteiger partial charge in [-0.15, -0.1) is 11.3 Å². The van der Waals surface area contributed by atoms with Crippen LogP contribution >= 0.6 is 11.3 Å². The van der Waals surface area contributed by atoms with E-state index in [0.29, 0.717) is 10.9 Å². The molecule has 0 saturated carbocycles. The summed E-state index contributed by atoms with van der Waals surface area (Å²) < 4.78 is 51.8. The number of benzene rings is 1. The van der Waals surface area contributed by atoms with E-state index in [1.807, 2.05) is 6.07 Å². The molecule has 6 nitrogen and oxygen atoms in total. The number of pyridine rings is 2. The number of carbonyl (C=O) groups is 1. The normalized spacial score (nSPS) is 15.8. The smallest absolute Gasteiger partial charge is 0.341 e. The molecule has 1 N–H and O–H groups in total. The second-order valence-electron chi connectivity index (χ2n) is 11.6. The van der Waals surface area contributed by atoms with Gasteiger partial charge < -0.3 is 9.53 Å². The van der Waals surface area contributed by atoms with E-state index in [1.54, 1.807) is 0 Å². The minimum atomic E-state index is -2.08. The first-order valence-corrected chi connectivity index (χ1v) is 16.7. The van der Waals surface area contributed by atoms with Gasteiger partial charge >= 0.3 is 5.97 Å². The molecule has 1 aromatic carbocycles. The van der Waals surface area contributed by atoms with Crippen molar-refractivity contribution in [3.63, 3.8) is 0 Å². The predicted octanol–water partition coefficient (Wildman–Crippen LogP) is 7.63. The second-order valence-corrected chi connectivity index (χ2v) is 17.4. The number of aryl methyl sites for hydroxylation is 1. The molecule has 0 bridgehead atoms. The molecule has 0 fully saturated rings. The van der Waals surface area contributed by atoms with Crippen LogP contribution in [0.25, 0.3) is 27.3 Å². The zero-order chi connectivity index (χ0) is 29.1. The van der Waals surface area contributed by atoms with Gasteiger partial charge in [0.25, 0.3) is 0 Å². The maximum atomic E-state index is 15.6. The molecule has 0 amide bonds. The third-order valence-corrected chi connectivity index (χ3v) is 13.6. The summed E-state index contributed by atoms with van der Waals surface area (Å²) in [6.45, 7) is 10.9. The molecule has 1 atom stereocenters. The van der Waals surface area contributed by atoms with Crippen molar-refractivity contribution in [1.29, 1.82) is 0 Å². The number of rotatable bonds is 5. The number of halogens is 3. The Morgan fingerprint density at radius 2 is 1.88 bits per heavy atom. The van der Waals surface area contributed by atoms with Gasteiger partial charge in [-0.2, -0.15) is 0 Å². The first-order chi connectivity index (χ1) is 18.7. The van der Waals surface area contributed by atoms with Crippen molar-refractivity contribution in [2.45, 2.75) is 64.3 Å². The molecule has 210 valence electrons. The summed E-state index contributed by atoms with van der Waals surface area (Å²) in [6.07, 6.45) is 3.41. The van der Waals surface area contributed by atoms with Crippen LogP contribution in [0.4, 0.5) is 13.2 Å². The quantitative estimate of drug-likeness (QED) is 0.243. The molecular formula is C29H29F3N2O4SSi. The van der Waals surface area contributed by atoms with Crippen LogP contribution < -0.4 is 5.43 Å². The van der Waals surface area contributed by atoms with Gasteiger partial charge in [-0.05, 0) is 67.2 Å². The van der Waals surface area contributed by atoms with Gasteiger partial charge in [0, 0.05) is 17.1 Å². The van der Waals surface area contributed by atoms with Crippen LogP contribution in [0.2, 0.25) is 18.1 Å². The van der Waals surface area contributed by atoms with Crippen LogP contribution in [0.3, 0.4) is 0 Å². The number of aromatic nitrogens is 2. The summed E-state index contributed by atoms with van der Waals surface area (Å²) in [5.74, 6) is -4.19. The predicted molar refractivity (Wildman–Crippen MR) is 151 cm³/mol. The molecule has 0 radical (unpaired) electrons. The van der Waals surface area contributed by atoms with Crippen molar-refractivity contribution in [3.05, 3.63) is 80.2 Å². The van der Waals surface area contributed by atoms with E-state index < -0.39 is 42.7 Å². The molecule has 3 heterocycles. The molecule has 1 unspecified atom stereocenters. The zero-order valence-electron chi connectivity index (χ0n) is 22.8. The third-order valence-electron chi connectivity index (χ3n) is 7.85. The fourth-order valence-corrected chi connectivity index (χ4v) is 7.34. The average molecular weight is 587 g/mol. The van der Waals surface area contributed by atoms with Crippen LogP contribution in [0.1, 0.15) is 60.5 Å². The molecule has 1 aliphatic carbocycles. The summed E-state index contributed by atoms with van der Waals surface area (Å²) in [6, 6.07) is 5.57. The molecule has 0 saturated heterocycles. The standard InChI is InChI=1S/C29H29F3N2O4SSi/c1-29(2,3)40(4,5)38-22-8-6-7-15-11-23(39-26(15)22)24-20(32)13-17-25(35)18(28(36)37)14-34(27(17)33-24)21-10-9-16(30)12-19(21)31/h9-14,22H,6-8H2,1-5H3,(H,36,37). The van der Waals surface area contributed by atoms with E-state index in [0.717, 1.165) is 58.7 Å². The van der Waals surface area contributed by atoms with Gasteiger partial charge in [0.05, 0.1) is 22.1 Å². The van der Waals surface area contributed by atoms with Gasteiger partial charge in [0.15, 0.2) is 14.1 Å². The number of hydrogen-bond donors (Lipinski definition) is 1. The fraction of sp³-hybridized carbons (Fsp3) is 0.345. The summed E-state index contributed by atoms with van der Waals surface area (Å²) in [5, 5.41) is 9.26. The zero-order valence-corrected chi connectivity index (χ0v) is 24.6. The number of aromatic carboxylic acids is 1. The maximum Gasteiger partial charge on any atom is 0.341 e. The summed E-state index contributed by atoms with van der Waals surface area (Å²) >= 11 is 1.38. The van der Waals surface area contributed by atoms with Crippen molar-refractivity contribution >= 4 is 36.7 Å². The molecule has 0 aliphatic heterocycles. The van der Waals surface area contributed by atoms with Gasteiger partial charge in [0.2, 0.25) is 5.43 Å². The van der Waals surface area contributed by atoms with Crippen molar-refractivity contribution in [2.24, 2.45) is 0 Å². The molecule has 40 heavy (non-hydrogen) atoms. The van der Waals surface area contributed by atoms with E-state index in [9.17, 15) is 23.5 Å². The van der Waals surface area contributed by atoms with Crippen LogP contribution in [0, 0.1) is 17.5 Å². The highest BCUT2D eigenvalue weighted by atomic mass is 32.1. The summed E-state index contributed by atoms with van der Waals surface area (Å²) in [7, 11) is -2.08. The third kappa shape index (κ3) is 4.90. The van der Waals surface area contributed by atoms with E-state index in [4.69, 9.17) is 4.43 Å². The van der Waals surface area contributed by atoms with E-state index in [2.05, 4.69) is 38.8 Å². The Hall–Kier alpha value is -3.28. The van der Waals surface area contributed by atoms with E-state index in [-0.39, 0.29) is 33.6 Å². The first kappa shape index (κ1) is 28.3. The van der Waals surface area contributed by atoms with E-state index in [1.165, 1.54) is 11.3 Å². The Kier molecular flexibility index (Phi) is 7.04. The number of nitrogens with zero attached hydrogens (tertiary/aromatic N) is 2. The largest absolute Gasteiger partial charge is 0.477 e. The first-order valence-electron chi connectivity index (χ1n) is 12.9. The minimum Gasteiger partial charge on any atom is -0.477 e. The SMILES string of the molecule is CC(C)(C)[Si](C)(C)OC1CCCc2cc(-c3nc4c(cc3F)c(=O)c(C(=O)O)cn4-c3ccc(F)cc3F)sc21. The number of fused-ring (bicyclic) bond motifs is 2. The number of thiophene rings is 1. The molecule has 11 heteroatoms. The van der Waals surface area contributed by atoms with Crippen LogP contribution in [-0.4, -0.2) is 28.9 Å². The van der Waals surface area contributed by atoms with Gasteiger partial charge in [-0.3, -0.25) is 9.36 Å². The lowest BCUT2D eigenvalue weighted by atomic mass is 9.97. The lowest BCUT2D eigenvalue weighted by Crippen LogP contribution is -2.42. The monoisotopic (exact) mass is 586 g/mol. The van der Waals surface area contributed by atoms with Crippen LogP contribution in [-0.2, 0) is 10.8 Å². The number of carboxylic acids is 1. The van der Waals surface area contributed by atoms with E-state index >= 15 is 4.39 Å². The molecule has 3 aromatic heterocycles. The number of hydrogen-bond acceptors (Lipinski definition) is 5. The minimum absolute atomic E-state index is 0.0187. The van der Waals surface area contributed by atoms with Gasteiger partial charge in [-0.25, -0.2) is 22.9 Å². The lowest BCUT2D eigenvalue weighted by molar-refractivity contribution is 0.0695. The highest BCUT2D eigenvalue weighted by Gasteiger charge is 2.40. The van der Waals surface area contributed by atoms with Crippen molar-refractivity contribution in [2.75, 3.05) is 0 Å². The van der Waals surface area contributed by atoms with Crippen molar-refractivity contribution in [1.82, 2.24) is 9.55 Å². The van der Waals surface area contributed by atoms with Crippen molar-refractivity contribution in [3.8, 4) is 16.3 Å². The molecule has 1 aliphatic rings. The van der Waals surface area contributed by atoms with Crippen LogP contribution in [0.15, 0.2) is 41.3 Å². The molecule has 5 rings (SSSR count). The average Bonchev–Trinajstić information content (AvgIpc) is 3.29. The van der Waals surface area contributed by atoms with Crippen molar-refractivity contribution < 1.29 is 27.5 Å². The Bertz CT molecular complexity index is 1730. The molecule has 4 aromatic rings. The Balaban J connectivity index is 1.69. The topological polar surface area (TPSA) is 81.4 Å². The van der Waals surface area contributed by atoms with Gasteiger partial charge in [0.1, 0.15) is 28.5 Å². The highest BCUT2D eigenvalue weighted by Crippen LogP contribution is 2.47. The summed E-state index contributed by atoms with van der Waals surface area (Å²) in [4.78, 5) is 30.7. The Morgan fingerprint density at radius 3 is 2.52 bits per heavy atom. The molecular weight excluding hydrogens is 557 g/mol. The lowest BCUT2D eigenvalue weighted by Gasteiger charge is -2.40. The Morgan fingerprint density at radius 1 is 1.15 bits per heavy atom. The summed E-state index contributed by atoms with van der Waals surface area (Å²) in [5.41, 5.74) is -1.00. The molecule has 0 spiro atoms. The van der Waals surface area contributed by atoms with Crippen LogP contribution in [0.5, 0.6) is 0 Å². The second kappa shape index (κ2) is 9.97. The Labute approximate surface area is 234 Å².